The van der Waals surface area contributed by atoms with Crippen LogP contribution < -0.4 is 5.69 Å². The van der Waals surface area contributed by atoms with Crippen LogP contribution in [-0.2, 0) is 17.9 Å². The third kappa shape index (κ3) is 3.57. The molecular weight excluding hydrogens is 360 g/mol. The summed E-state index contributed by atoms with van der Waals surface area (Å²) >= 11 is 0. The van der Waals surface area contributed by atoms with E-state index in [1.54, 1.807) is 4.57 Å². The Morgan fingerprint density at radius 2 is 1.96 bits per heavy atom. The standard InChI is InChI=1S/C18H22N8O2/c1-2-25-17(20-21-18(25)28)14-8-10-24(11-9-14)15(27)12-26-22-16(19-23-26)13-6-4-3-5-7-13/h3-7,14H,2,8-12H2,1H3,(H,21,28). The Labute approximate surface area is 161 Å². The molecule has 0 aliphatic carbocycles. The molecule has 1 N–H and O–H groups in total. The summed E-state index contributed by atoms with van der Waals surface area (Å²) in [7, 11) is 0. The van der Waals surface area contributed by atoms with Crippen LogP contribution in [0.25, 0.3) is 11.4 Å². The van der Waals surface area contributed by atoms with Crippen molar-refractivity contribution in [3.8, 4) is 11.4 Å². The Kier molecular flexibility index (Phi) is 5.00. The number of hydrogen-bond donors (Lipinski definition) is 1. The second-order valence-electron chi connectivity index (χ2n) is 6.80. The minimum absolute atomic E-state index is 0.0367. The van der Waals surface area contributed by atoms with E-state index in [-0.39, 0.29) is 24.1 Å². The van der Waals surface area contributed by atoms with E-state index in [1.165, 1.54) is 4.80 Å². The zero-order valence-corrected chi connectivity index (χ0v) is 15.7. The smallest absolute Gasteiger partial charge is 0.341 e. The predicted molar refractivity (Wildman–Crippen MR) is 100 cm³/mol. The number of carbonyl (C=O) groups excluding carboxylic acids is 1. The average molecular weight is 382 g/mol. The van der Waals surface area contributed by atoms with E-state index in [1.807, 2.05) is 42.2 Å². The number of piperidine rings is 1. The number of likely N-dealkylation sites (tertiary alicyclic amines) is 1. The monoisotopic (exact) mass is 382 g/mol. The van der Waals surface area contributed by atoms with Crippen molar-refractivity contribution in [2.24, 2.45) is 0 Å². The maximum atomic E-state index is 12.6. The summed E-state index contributed by atoms with van der Waals surface area (Å²) < 4.78 is 1.66. The van der Waals surface area contributed by atoms with E-state index in [0.717, 1.165) is 24.2 Å². The van der Waals surface area contributed by atoms with Crippen molar-refractivity contribution in [3.05, 3.63) is 46.6 Å². The summed E-state index contributed by atoms with van der Waals surface area (Å²) in [5.74, 6) is 1.43. The van der Waals surface area contributed by atoms with E-state index in [4.69, 9.17) is 0 Å². The summed E-state index contributed by atoms with van der Waals surface area (Å²) in [6.07, 6.45) is 1.55. The molecule has 1 aliphatic heterocycles. The van der Waals surface area contributed by atoms with Crippen LogP contribution in [0.2, 0.25) is 0 Å². The van der Waals surface area contributed by atoms with E-state index < -0.39 is 0 Å². The molecule has 1 amide bonds. The number of aromatic amines is 1. The Morgan fingerprint density at radius 1 is 1.21 bits per heavy atom. The van der Waals surface area contributed by atoms with Crippen LogP contribution in [0.4, 0.5) is 0 Å². The van der Waals surface area contributed by atoms with Crippen LogP contribution in [0.5, 0.6) is 0 Å². The zero-order valence-electron chi connectivity index (χ0n) is 15.7. The molecule has 0 unspecified atom stereocenters. The van der Waals surface area contributed by atoms with Gasteiger partial charge in [0, 0.05) is 31.1 Å². The molecule has 0 radical (unpaired) electrons. The quantitative estimate of drug-likeness (QED) is 0.693. The van der Waals surface area contributed by atoms with Crippen molar-refractivity contribution in [3.63, 3.8) is 0 Å². The number of hydrogen-bond acceptors (Lipinski definition) is 6. The molecule has 0 spiro atoms. The number of benzene rings is 1. The van der Waals surface area contributed by atoms with Gasteiger partial charge >= 0.3 is 5.69 Å². The largest absolute Gasteiger partial charge is 0.343 e. The Bertz CT molecular complexity index is 998. The SMILES string of the molecule is CCn1c(C2CCN(C(=O)Cn3nnc(-c4ccccc4)n3)CC2)n[nH]c1=O. The van der Waals surface area contributed by atoms with Crippen LogP contribution >= 0.6 is 0 Å². The molecule has 3 aromatic rings. The van der Waals surface area contributed by atoms with Crippen LogP contribution in [0.3, 0.4) is 0 Å². The first-order valence-electron chi connectivity index (χ1n) is 9.41. The second kappa shape index (κ2) is 7.75. The highest BCUT2D eigenvalue weighted by atomic mass is 16.2. The Hall–Kier alpha value is -3.30. The molecule has 2 aromatic heterocycles. The fourth-order valence-corrected chi connectivity index (χ4v) is 3.57. The predicted octanol–water partition coefficient (Wildman–Crippen LogP) is 0.651. The molecule has 10 heteroatoms. The first-order valence-corrected chi connectivity index (χ1v) is 9.41. The first kappa shape index (κ1) is 18.1. The molecule has 1 fully saturated rings. The lowest BCUT2D eigenvalue weighted by Crippen LogP contribution is -2.40. The zero-order chi connectivity index (χ0) is 19.5. The van der Waals surface area contributed by atoms with Gasteiger partial charge in [0.2, 0.25) is 11.7 Å². The number of nitrogens with one attached hydrogen (secondary N) is 1. The van der Waals surface area contributed by atoms with Crippen LogP contribution in [0, 0.1) is 0 Å². The molecule has 1 saturated heterocycles. The fourth-order valence-electron chi connectivity index (χ4n) is 3.57. The van der Waals surface area contributed by atoms with Crippen molar-refractivity contribution in [2.45, 2.75) is 38.8 Å². The van der Waals surface area contributed by atoms with E-state index in [0.29, 0.717) is 25.5 Å². The van der Waals surface area contributed by atoms with Gasteiger partial charge in [-0.15, -0.1) is 10.2 Å². The van der Waals surface area contributed by atoms with Crippen LogP contribution in [0.1, 0.15) is 31.5 Å². The van der Waals surface area contributed by atoms with Gasteiger partial charge in [-0.25, -0.2) is 9.89 Å². The minimum Gasteiger partial charge on any atom is -0.341 e. The molecule has 0 saturated carbocycles. The normalized spacial score (nSPS) is 15.1. The lowest BCUT2D eigenvalue weighted by Gasteiger charge is -2.31. The molecule has 10 nitrogen and oxygen atoms in total. The first-order chi connectivity index (χ1) is 13.7. The van der Waals surface area contributed by atoms with Crippen molar-refractivity contribution < 1.29 is 4.79 Å². The van der Waals surface area contributed by atoms with Crippen molar-refractivity contribution in [1.29, 1.82) is 0 Å². The summed E-state index contributed by atoms with van der Waals surface area (Å²) in [5.41, 5.74) is 0.686. The van der Waals surface area contributed by atoms with Gasteiger partial charge in [-0.3, -0.25) is 9.36 Å². The highest BCUT2D eigenvalue weighted by Gasteiger charge is 2.27. The summed E-state index contributed by atoms with van der Waals surface area (Å²) in [6.45, 7) is 3.81. The van der Waals surface area contributed by atoms with E-state index in [9.17, 15) is 9.59 Å². The summed E-state index contributed by atoms with van der Waals surface area (Å²) in [6, 6.07) is 9.53. The number of aromatic nitrogens is 7. The number of rotatable bonds is 5. The van der Waals surface area contributed by atoms with Gasteiger partial charge in [0.05, 0.1) is 0 Å². The van der Waals surface area contributed by atoms with Gasteiger partial charge in [0.1, 0.15) is 12.4 Å². The molecule has 4 rings (SSSR count). The highest BCUT2D eigenvalue weighted by Crippen LogP contribution is 2.26. The van der Waals surface area contributed by atoms with Gasteiger partial charge in [0.25, 0.3) is 0 Å². The lowest BCUT2D eigenvalue weighted by molar-refractivity contribution is -0.133. The number of nitrogens with zero attached hydrogens (tertiary/aromatic N) is 7. The molecular formula is C18H22N8O2. The molecule has 0 bridgehead atoms. The number of carbonyl (C=O) groups is 1. The Morgan fingerprint density at radius 3 is 2.68 bits per heavy atom. The van der Waals surface area contributed by atoms with Gasteiger partial charge < -0.3 is 4.90 Å². The number of amides is 1. The second-order valence-corrected chi connectivity index (χ2v) is 6.80. The summed E-state index contributed by atoms with van der Waals surface area (Å²) in [5, 5.41) is 19.0. The van der Waals surface area contributed by atoms with Gasteiger partial charge in [-0.2, -0.15) is 9.90 Å². The van der Waals surface area contributed by atoms with E-state index in [2.05, 4.69) is 25.6 Å². The maximum absolute atomic E-state index is 12.6. The van der Waals surface area contributed by atoms with Gasteiger partial charge in [0.15, 0.2) is 0 Å². The Balaban J connectivity index is 1.36. The lowest BCUT2D eigenvalue weighted by atomic mass is 9.96. The number of tetrazole rings is 1. The van der Waals surface area contributed by atoms with Gasteiger partial charge in [-0.05, 0) is 25.0 Å². The molecule has 28 heavy (non-hydrogen) atoms. The van der Waals surface area contributed by atoms with Crippen LogP contribution in [-0.4, -0.2) is 58.9 Å². The third-order valence-corrected chi connectivity index (χ3v) is 5.08. The fraction of sp³-hybridized carbons (Fsp3) is 0.444. The maximum Gasteiger partial charge on any atom is 0.343 e. The van der Waals surface area contributed by atoms with Crippen molar-refractivity contribution in [1.82, 2.24) is 39.9 Å². The van der Waals surface area contributed by atoms with Crippen LogP contribution in [0.15, 0.2) is 35.1 Å². The third-order valence-electron chi connectivity index (χ3n) is 5.08. The minimum atomic E-state index is -0.178. The van der Waals surface area contributed by atoms with Gasteiger partial charge in [-0.1, -0.05) is 30.3 Å². The van der Waals surface area contributed by atoms with E-state index >= 15 is 0 Å². The van der Waals surface area contributed by atoms with Crippen molar-refractivity contribution in [2.75, 3.05) is 13.1 Å². The van der Waals surface area contributed by atoms with Crippen molar-refractivity contribution >= 4 is 5.91 Å². The number of H-pyrrole nitrogens is 1. The molecule has 0 atom stereocenters. The highest BCUT2D eigenvalue weighted by molar-refractivity contribution is 5.75. The average Bonchev–Trinajstić information content (AvgIpc) is 3.35. The topological polar surface area (TPSA) is 115 Å². The molecule has 3 heterocycles. The molecule has 1 aliphatic rings. The summed E-state index contributed by atoms with van der Waals surface area (Å²) in [4.78, 5) is 27.5. The molecule has 146 valence electrons. The molecule has 1 aromatic carbocycles.